The fourth-order valence-corrected chi connectivity index (χ4v) is 3.30. The summed E-state index contributed by atoms with van der Waals surface area (Å²) in [6.45, 7) is 1.18. The monoisotopic (exact) mass is 293 g/mol. The summed E-state index contributed by atoms with van der Waals surface area (Å²) in [5, 5.41) is 0. The fourth-order valence-electron chi connectivity index (χ4n) is 3.30. The van der Waals surface area contributed by atoms with Gasteiger partial charge in [-0.15, -0.1) is 0 Å². The topological polar surface area (TPSA) is 46.8 Å². The van der Waals surface area contributed by atoms with Gasteiger partial charge in [0.15, 0.2) is 5.65 Å². The van der Waals surface area contributed by atoms with Gasteiger partial charge in [0, 0.05) is 24.9 Å². The molecule has 5 heteroatoms. The molecule has 0 aliphatic carbocycles. The maximum atomic E-state index is 4.83. The van der Waals surface area contributed by atoms with Crippen molar-refractivity contribution in [3.8, 4) is 5.69 Å². The Morgan fingerprint density at radius 3 is 2.91 bits per heavy atom. The van der Waals surface area contributed by atoms with Crippen LogP contribution in [0.25, 0.3) is 16.9 Å². The van der Waals surface area contributed by atoms with E-state index in [1.807, 2.05) is 30.6 Å². The van der Waals surface area contributed by atoms with E-state index in [9.17, 15) is 0 Å². The molecule has 0 bridgehead atoms. The van der Waals surface area contributed by atoms with Crippen LogP contribution in [-0.4, -0.2) is 44.1 Å². The molecule has 112 valence electrons. The molecule has 0 radical (unpaired) electrons. The Bertz CT molecular complexity index is 780. The minimum atomic E-state index is 0.562. The molecule has 3 aromatic rings. The van der Waals surface area contributed by atoms with Gasteiger partial charge in [-0.05, 0) is 50.7 Å². The number of aromatic nitrogens is 4. The Hall–Kier alpha value is -2.27. The van der Waals surface area contributed by atoms with Crippen LogP contribution in [0.2, 0.25) is 0 Å². The first kappa shape index (κ1) is 13.4. The van der Waals surface area contributed by atoms with E-state index < -0.39 is 0 Å². The van der Waals surface area contributed by atoms with Gasteiger partial charge in [-0.2, -0.15) is 0 Å². The van der Waals surface area contributed by atoms with Crippen LogP contribution in [0.5, 0.6) is 0 Å². The summed E-state index contributed by atoms with van der Waals surface area (Å²) in [5.74, 6) is 1.07. The summed E-state index contributed by atoms with van der Waals surface area (Å²) in [6, 6.07) is 8.54. The lowest BCUT2D eigenvalue weighted by Gasteiger charge is -2.19. The number of hydrogen-bond donors (Lipinski definition) is 0. The van der Waals surface area contributed by atoms with Crippen LogP contribution in [0.4, 0.5) is 0 Å². The molecule has 0 spiro atoms. The molecule has 1 unspecified atom stereocenters. The maximum absolute atomic E-state index is 4.83. The highest BCUT2D eigenvalue weighted by Gasteiger charge is 2.24. The average molecular weight is 293 g/mol. The highest BCUT2D eigenvalue weighted by molar-refractivity contribution is 5.73. The number of likely N-dealkylation sites (N-methyl/N-ethyl adjacent to an activating group) is 1. The molecule has 1 fully saturated rings. The predicted molar refractivity (Wildman–Crippen MR) is 86.0 cm³/mol. The second-order valence-corrected chi connectivity index (χ2v) is 5.90. The zero-order valence-electron chi connectivity index (χ0n) is 12.7. The summed E-state index contributed by atoms with van der Waals surface area (Å²) in [4.78, 5) is 16.0. The van der Waals surface area contributed by atoms with Crippen LogP contribution in [0.1, 0.15) is 18.7 Å². The molecule has 1 saturated heterocycles. The third-order valence-electron chi connectivity index (χ3n) is 4.48. The molecule has 0 aromatic carbocycles. The first-order chi connectivity index (χ1) is 10.8. The van der Waals surface area contributed by atoms with Crippen molar-refractivity contribution >= 4 is 11.2 Å². The molecule has 0 amide bonds. The van der Waals surface area contributed by atoms with Crippen molar-refractivity contribution in [1.82, 2.24) is 24.4 Å². The average Bonchev–Trinajstić information content (AvgIpc) is 3.12. The number of pyridine rings is 2. The summed E-state index contributed by atoms with van der Waals surface area (Å²) >= 11 is 0. The normalized spacial score (nSPS) is 19.0. The molecule has 0 N–H and O–H groups in total. The van der Waals surface area contributed by atoms with Gasteiger partial charge in [0.2, 0.25) is 0 Å². The molecule has 4 heterocycles. The van der Waals surface area contributed by atoms with Gasteiger partial charge in [0.1, 0.15) is 11.3 Å². The number of likely N-dealkylation sites (tertiary alicyclic amines) is 1. The number of imidazole rings is 1. The first-order valence-electron chi connectivity index (χ1n) is 7.76. The van der Waals surface area contributed by atoms with E-state index in [4.69, 9.17) is 4.98 Å². The van der Waals surface area contributed by atoms with Crippen molar-refractivity contribution in [3.63, 3.8) is 0 Å². The van der Waals surface area contributed by atoms with Gasteiger partial charge in [-0.25, -0.2) is 9.97 Å². The number of fused-ring (bicyclic) bond motifs is 1. The molecule has 4 rings (SSSR count). The number of rotatable bonds is 3. The zero-order valence-corrected chi connectivity index (χ0v) is 12.7. The van der Waals surface area contributed by atoms with E-state index >= 15 is 0 Å². The Balaban J connectivity index is 1.83. The van der Waals surface area contributed by atoms with E-state index in [0.29, 0.717) is 6.04 Å². The summed E-state index contributed by atoms with van der Waals surface area (Å²) < 4.78 is 2.15. The van der Waals surface area contributed by atoms with E-state index in [0.717, 1.165) is 29.1 Å². The minimum absolute atomic E-state index is 0.562. The second-order valence-electron chi connectivity index (χ2n) is 5.90. The van der Waals surface area contributed by atoms with Crippen LogP contribution in [0.3, 0.4) is 0 Å². The number of hydrogen-bond acceptors (Lipinski definition) is 4. The third-order valence-corrected chi connectivity index (χ3v) is 4.48. The van der Waals surface area contributed by atoms with E-state index in [2.05, 4.69) is 32.5 Å². The summed E-state index contributed by atoms with van der Waals surface area (Å²) in [6.07, 6.45) is 8.94. The molecule has 1 aliphatic heterocycles. The van der Waals surface area contributed by atoms with Crippen LogP contribution >= 0.6 is 0 Å². The van der Waals surface area contributed by atoms with Crippen molar-refractivity contribution in [2.75, 3.05) is 13.6 Å². The van der Waals surface area contributed by atoms with E-state index in [1.54, 1.807) is 6.20 Å². The highest BCUT2D eigenvalue weighted by atomic mass is 15.2. The van der Waals surface area contributed by atoms with Crippen LogP contribution in [0.15, 0.2) is 42.9 Å². The van der Waals surface area contributed by atoms with E-state index in [-0.39, 0.29) is 0 Å². The summed E-state index contributed by atoms with van der Waals surface area (Å²) in [5.41, 5.74) is 2.88. The van der Waals surface area contributed by atoms with Gasteiger partial charge in [0.25, 0.3) is 0 Å². The lowest BCUT2D eigenvalue weighted by molar-refractivity contribution is 0.305. The van der Waals surface area contributed by atoms with Crippen molar-refractivity contribution in [1.29, 1.82) is 0 Å². The van der Waals surface area contributed by atoms with Crippen LogP contribution in [0, 0.1) is 0 Å². The zero-order chi connectivity index (χ0) is 14.9. The van der Waals surface area contributed by atoms with Crippen molar-refractivity contribution < 1.29 is 0 Å². The Kier molecular flexibility index (Phi) is 3.35. The van der Waals surface area contributed by atoms with Crippen LogP contribution < -0.4 is 0 Å². The molecule has 1 aliphatic rings. The number of nitrogens with zero attached hydrogens (tertiary/aromatic N) is 5. The molecule has 0 saturated carbocycles. The highest BCUT2D eigenvalue weighted by Crippen LogP contribution is 2.24. The summed E-state index contributed by atoms with van der Waals surface area (Å²) in [7, 11) is 2.20. The Labute approximate surface area is 129 Å². The Morgan fingerprint density at radius 2 is 2.14 bits per heavy atom. The molecular formula is C17H19N5. The van der Waals surface area contributed by atoms with Gasteiger partial charge in [-0.3, -0.25) is 9.55 Å². The Morgan fingerprint density at radius 1 is 1.23 bits per heavy atom. The molecule has 3 aromatic heterocycles. The van der Waals surface area contributed by atoms with Gasteiger partial charge >= 0.3 is 0 Å². The van der Waals surface area contributed by atoms with Crippen molar-refractivity contribution in [2.45, 2.75) is 25.3 Å². The molecule has 22 heavy (non-hydrogen) atoms. The third kappa shape index (κ3) is 2.27. The molecular weight excluding hydrogens is 274 g/mol. The smallest absolute Gasteiger partial charge is 0.164 e. The standard InChI is InChI=1S/C17H19N5/c1-21-10-4-6-13(21)11-16-20-15-7-3-9-19-17(15)22(16)14-5-2-8-18-12-14/h2-3,5,7-9,12-13H,4,6,10-11H2,1H3. The van der Waals surface area contributed by atoms with Crippen molar-refractivity contribution in [3.05, 3.63) is 48.7 Å². The van der Waals surface area contributed by atoms with E-state index in [1.165, 1.54) is 19.4 Å². The lowest BCUT2D eigenvalue weighted by atomic mass is 10.1. The lowest BCUT2D eigenvalue weighted by Crippen LogP contribution is -2.28. The quantitative estimate of drug-likeness (QED) is 0.744. The SMILES string of the molecule is CN1CCCC1Cc1nc2cccnc2n1-c1cccnc1. The predicted octanol–water partition coefficient (Wildman–Crippen LogP) is 2.45. The maximum Gasteiger partial charge on any atom is 0.164 e. The second kappa shape index (κ2) is 5.50. The first-order valence-corrected chi connectivity index (χ1v) is 7.76. The molecule has 5 nitrogen and oxygen atoms in total. The molecule has 1 atom stereocenters. The minimum Gasteiger partial charge on any atom is -0.303 e. The van der Waals surface area contributed by atoms with Gasteiger partial charge in [0.05, 0.1) is 11.9 Å². The van der Waals surface area contributed by atoms with Crippen molar-refractivity contribution in [2.24, 2.45) is 0 Å². The fraction of sp³-hybridized carbons (Fsp3) is 0.353. The van der Waals surface area contributed by atoms with Gasteiger partial charge in [-0.1, -0.05) is 0 Å². The van der Waals surface area contributed by atoms with Gasteiger partial charge < -0.3 is 4.90 Å². The van der Waals surface area contributed by atoms with Crippen LogP contribution in [-0.2, 0) is 6.42 Å². The largest absolute Gasteiger partial charge is 0.303 e.